The highest BCUT2D eigenvalue weighted by atomic mass is 35.5. The summed E-state index contributed by atoms with van der Waals surface area (Å²) in [4.78, 5) is 22.1. The van der Waals surface area contributed by atoms with E-state index in [9.17, 15) is 9.90 Å². The van der Waals surface area contributed by atoms with Gasteiger partial charge in [0.2, 0.25) is 6.17 Å². The van der Waals surface area contributed by atoms with Gasteiger partial charge in [-0.1, -0.05) is 60.6 Å². The van der Waals surface area contributed by atoms with Crippen LogP contribution in [0.15, 0.2) is 35.5 Å². The largest absolute Gasteiger partial charge is 0.478 e. The van der Waals surface area contributed by atoms with Gasteiger partial charge in [0.05, 0.1) is 0 Å². The molecule has 24 heavy (non-hydrogen) atoms. The molecule has 0 aliphatic carbocycles. The van der Waals surface area contributed by atoms with Gasteiger partial charge in [-0.2, -0.15) is 0 Å². The molecular weight excluding hydrogens is 348 g/mol. The van der Waals surface area contributed by atoms with Crippen LogP contribution in [0.3, 0.4) is 0 Å². The van der Waals surface area contributed by atoms with E-state index < -0.39 is 12.1 Å². The number of anilines is 2. The molecule has 0 saturated carbocycles. The normalized spacial score (nSPS) is 15.9. The van der Waals surface area contributed by atoms with Crippen LogP contribution in [-0.2, 0) is 11.3 Å². The Balaban J connectivity index is 1.97. The van der Waals surface area contributed by atoms with Gasteiger partial charge in [-0.3, -0.25) is 0 Å². The first-order chi connectivity index (χ1) is 11.6. The van der Waals surface area contributed by atoms with Crippen LogP contribution >= 0.6 is 23.4 Å². The zero-order valence-electron chi connectivity index (χ0n) is 13.1. The highest BCUT2D eigenvalue weighted by Gasteiger charge is 2.37. The molecule has 1 aromatic heterocycles. The fraction of sp³-hybridized carbons (Fsp3) is 0.312. The molecule has 1 aromatic carbocycles. The summed E-state index contributed by atoms with van der Waals surface area (Å²) in [5, 5.41) is 13.3. The van der Waals surface area contributed by atoms with Crippen LogP contribution in [0.2, 0.25) is 5.15 Å². The molecule has 0 fully saturated rings. The van der Waals surface area contributed by atoms with Crippen LogP contribution in [0, 0.1) is 0 Å². The van der Waals surface area contributed by atoms with Gasteiger partial charge in [0.15, 0.2) is 16.1 Å². The molecule has 1 aliphatic rings. The lowest BCUT2D eigenvalue weighted by Crippen LogP contribution is -2.42. The number of carboxylic acid groups (broad SMARTS) is 1. The van der Waals surface area contributed by atoms with Gasteiger partial charge in [0, 0.05) is 12.3 Å². The molecule has 0 saturated heterocycles. The minimum atomic E-state index is -0.984. The Bertz CT molecular complexity index is 744. The number of hydrogen-bond donors (Lipinski definition) is 2. The average molecular weight is 365 g/mol. The second kappa shape index (κ2) is 7.27. The molecule has 2 heterocycles. The van der Waals surface area contributed by atoms with E-state index in [-0.39, 0.29) is 5.15 Å². The van der Waals surface area contributed by atoms with Gasteiger partial charge in [0.25, 0.3) is 0 Å². The summed E-state index contributed by atoms with van der Waals surface area (Å²) in [6.45, 7) is 2.49. The van der Waals surface area contributed by atoms with Crippen molar-refractivity contribution in [2.45, 2.75) is 31.2 Å². The lowest BCUT2D eigenvalue weighted by atomic mass is 10.2. The maximum atomic E-state index is 11.6. The Morgan fingerprint density at radius 2 is 2.12 bits per heavy atom. The number of benzene rings is 1. The van der Waals surface area contributed by atoms with Crippen molar-refractivity contribution in [3.05, 3.63) is 41.0 Å². The Morgan fingerprint density at radius 3 is 2.79 bits per heavy atom. The summed E-state index contributed by atoms with van der Waals surface area (Å²) < 4.78 is 0. The first kappa shape index (κ1) is 16.9. The van der Waals surface area contributed by atoms with Crippen LogP contribution in [0.5, 0.6) is 0 Å². The number of fused-ring (bicyclic) bond motifs is 1. The fourth-order valence-corrected chi connectivity index (χ4v) is 3.43. The molecule has 1 aliphatic heterocycles. The topological polar surface area (TPSA) is 78.4 Å². The minimum Gasteiger partial charge on any atom is -0.478 e. The van der Waals surface area contributed by atoms with E-state index in [1.807, 2.05) is 30.3 Å². The summed E-state index contributed by atoms with van der Waals surface area (Å²) in [5.41, 5.74) is 1.47. The van der Waals surface area contributed by atoms with E-state index in [4.69, 9.17) is 11.6 Å². The second-order valence-electron chi connectivity index (χ2n) is 5.34. The molecule has 1 unspecified atom stereocenters. The Kier molecular flexibility index (Phi) is 5.11. The molecule has 0 bridgehead atoms. The van der Waals surface area contributed by atoms with Crippen LogP contribution in [0.25, 0.3) is 0 Å². The summed E-state index contributed by atoms with van der Waals surface area (Å²) >= 11 is 7.76. The molecule has 8 heteroatoms. The van der Waals surface area contributed by atoms with E-state index in [0.29, 0.717) is 23.2 Å². The lowest BCUT2D eigenvalue weighted by molar-refractivity contribution is -0.137. The molecule has 0 spiro atoms. The van der Waals surface area contributed by atoms with E-state index in [1.54, 1.807) is 4.90 Å². The molecule has 6 nitrogen and oxygen atoms in total. The van der Waals surface area contributed by atoms with E-state index in [1.165, 1.54) is 11.8 Å². The Labute approximate surface area is 149 Å². The number of carboxylic acids is 1. The van der Waals surface area contributed by atoms with Gasteiger partial charge in [0.1, 0.15) is 5.69 Å². The summed E-state index contributed by atoms with van der Waals surface area (Å²) in [7, 11) is 0. The van der Waals surface area contributed by atoms with Crippen molar-refractivity contribution < 1.29 is 9.90 Å². The molecule has 3 rings (SSSR count). The third-order valence-corrected chi connectivity index (χ3v) is 4.88. The summed E-state index contributed by atoms with van der Waals surface area (Å²) in [6, 6.07) is 9.67. The summed E-state index contributed by atoms with van der Waals surface area (Å²) in [6.07, 6.45) is 0.0744. The molecule has 0 radical (unpaired) electrons. The van der Waals surface area contributed by atoms with Crippen molar-refractivity contribution in [1.29, 1.82) is 0 Å². The van der Waals surface area contributed by atoms with Gasteiger partial charge in [-0.05, 0) is 12.0 Å². The number of thioether (sulfide) groups is 1. The Morgan fingerprint density at radius 1 is 1.38 bits per heavy atom. The zero-order valence-corrected chi connectivity index (χ0v) is 14.6. The minimum absolute atomic E-state index is 0.250. The fourth-order valence-electron chi connectivity index (χ4n) is 2.47. The van der Waals surface area contributed by atoms with E-state index in [2.05, 4.69) is 22.2 Å². The van der Waals surface area contributed by atoms with Crippen LogP contribution in [-0.4, -0.2) is 33.0 Å². The van der Waals surface area contributed by atoms with Crippen molar-refractivity contribution >= 4 is 40.8 Å². The predicted octanol–water partition coefficient (Wildman–Crippen LogP) is 3.47. The number of aromatic nitrogens is 2. The molecular formula is C16H17ClN4O2S. The molecule has 2 aromatic rings. The number of nitrogens with one attached hydrogen (secondary N) is 1. The zero-order chi connectivity index (χ0) is 17.1. The second-order valence-corrected chi connectivity index (χ2v) is 6.76. The third kappa shape index (κ3) is 3.42. The predicted molar refractivity (Wildman–Crippen MR) is 95.7 cm³/mol. The summed E-state index contributed by atoms with van der Waals surface area (Å²) in [5.74, 6) is 0.427. The SMILES string of the molecule is CCCSc1nc(Cl)c2c(n1)N(Cc1ccccc1)C(C(=O)O)N2. The maximum Gasteiger partial charge on any atom is 0.347 e. The smallest absolute Gasteiger partial charge is 0.347 e. The molecule has 0 amide bonds. The highest BCUT2D eigenvalue weighted by Crippen LogP contribution is 2.39. The van der Waals surface area contributed by atoms with Crippen molar-refractivity contribution in [2.75, 3.05) is 16.0 Å². The number of hydrogen-bond acceptors (Lipinski definition) is 6. The van der Waals surface area contributed by atoms with Gasteiger partial charge >= 0.3 is 5.97 Å². The average Bonchev–Trinajstić information content (AvgIpc) is 2.93. The van der Waals surface area contributed by atoms with Gasteiger partial charge in [-0.25, -0.2) is 14.8 Å². The maximum absolute atomic E-state index is 11.6. The van der Waals surface area contributed by atoms with Gasteiger partial charge < -0.3 is 15.3 Å². The van der Waals surface area contributed by atoms with Gasteiger partial charge in [-0.15, -0.1) is 0 Å². The monoisotopic (exact) mass is 364 g/mol. The van der Waals surface area contributed by atoms with E-state index in [0.717, 1.165) is 17.7 Å². The first-order valence-electron chi connectivity index (χ1n) is 7.60. The first-order valence-corrected chi connectivity index (χ1v) is 8.96. The Hall–Kier alpha value is -1.99. The molecule has 126 valence electrons. The van der Waals surface area contributed by atoms with Crippen LogP contribution in [0.4, 0.5) is 11.5 Å². The van der Waals surface area contributed by atoms with E-state index >= 15 is 0 Å². The third-order valence-electron chi connectivity index (χ3n) is 3.55. The number of nitrogens with zero attached hydrogens (tertiary/aromatic N) is 3. The highest BCUT2D eigenvalue weighted by molar-refractivity contribution is 7.99. The van der Waals surface area contributed by atoms with Crippen LogP contribution in [0.1, 0.15) is 18.9 Å². The lowest BCUT2D eigenvalue weighted by Gasteiger charge is -2.23. The van der Waals surface area contributed by atoms with Crippen molar-refractivity contribution in [3.63, 3.8) is 0 Å². The quantitative estimate of drug-likeness (QED) is 0.461. The number of rotatable bonds is 6. The van der Waals surface area contributed by atoms with Crippen molar-refractivity contribution in [3.8, 4) is 0 Å². The van der Waals surface area contributed by atoms with Crippen LogP contribution < -0.4 is 10.2 Å². The molecule has 2 N–H and O–H groups in total. The standard InChI is InChI=1S/C16H17ClN4O2S/c1-2-8-24-16-19-12(17)11-13(20-16)21(14(18-11)15(22)23)9-10-6-4-3-5-7-10/h3-7,14,18H,2,8-9H2,1H3,(H,22,23). The molecule has 1 atom stereocenters. The number of halogens is 1. The van der Waals surface area contributed by atoms with Crippen molar-refractivity contribution in [2.24, 2.45) is 0 Å². The van der Waals surface area contributed by atoms with Crippen molar-refractivity contribution in [1.82, 2.24) is 9.97 Å². The number of aliphatic carboxylic acids is 1. The number of carbonyl (C=O) groups is 1.